The number of carbonyl (C=O) groups is 1. The van der Waals surface area contributed by atoms with Crippen molar-refractivity contribution in [2.45, 2.75) is 37.9 Å². The molecule has 0 spiro atoms. The molecule has 0 unspecified atom stereocenters. The fourth-order valence-electron chi connectivity index (χ4n) is 3.31. The van der Waals surface area contributed by atoms with Crippen molar-refractivity contribution < 1.29 is 13.2 Å². The number of sulfone groups is 1. The summed E-state index contributed by atoms with van der Waals surface area (Å²) in [6.07, 6.45) is 1.36. The number of anilines is 1. The summed E-state index contributed by atoms with van der Waals surface area (Å²) < 4.78 is 23.7. The highest BCUT2D eigenvalue weighted by atomic mass is 35.5. The largest absolute Gasteiger partial charge is 0.302 e. The van der Waals surface area contributed by atoms with E-state index in [-0.39, 0.29) is 23.0 Å². The van der Waals surface area contributed by atoms with Crippen molar-refractivity contribution in [1.82, 2.24) is 14.9 Å². The zero-order valence-electron chi connectivity index (χ0n) is 16.8. The summed E-state index contributed by atoms with van der Waals surface area (Å²) in [5, 5.41) is 4.12. The molecular weight excluding hydrogens is 456 g/mol. The first-order chi connectivity index (χ1) is 14.8. The van der Waals surface area contributed by atoms with Gasteiger partial charge in [0.15, 0.2) is 15.0 Å². The third kappa shape index (κ3) is 5.30. The molecule has 1 N–H and O–H groups in total. The Labute approximate surface area is 190 Å². The molecule has 4 rings (SSSR count). The maximum absolute atomic E-state index is 12.4. The molecule has 2 aromatic heterocycles. The number of hydrogen-bond donors (Lipinski definition) is 1. The molecule has 1 aliphatic heterocycles. The van der Waals surface area contributed by atoms with Crippen molar-refractivity contribution >= 4 is 43.8 Å². The summed E-state index contributed by atoms with van der Waals surface area (Å²) in [5.41, 5.74) is 2.69. The zero-order chi connectivity index (χ0) is 22.0. The number of nitrogens with one attached hydrogen (secondary N) is 1. The van der Waals surface area contributed by atoms with E-state index in [1.165, 1.54) is 29.2 Å². The second kappa shape index (κ2) is 9.04. The molecule has 0 fully saturated rings. The van der Waals surface area contributed by atoms with E-state index < -0.39 is 9.84 Å². The maximum atomic E-state index is 12.4. The van der Waals surface area contributed by atoms with E-state index in [4.69, 9.17) is 11.6 Å². The standard InChI is InChI=1S/C21H21ClN4O3S2/c1-2-31(28,29)17-8-7-16(23-10-17)9-20(27)25-21-24-18-12-26(13-19(18)30-21)11-14-3-5-15(22)6-4-14/h3-8,10H,2,9,11-13H2,1H3,(H,24,25,27). The Bertz CT molecular complexity index is 1170. The highest BCUT2D eigenvalue weighted by Gasteiger charge is 2.24. The number of aromatic nitrogens is 2. The average Bonchev–Trinajstić information content (AvgIpc) is 3.27. The van der Waals surface area contributed by atoms with Crippen LogP contribution in [0.2, 0.25) is 5.02 Å². The number of benzene rings is 1. The molecule has 7 nitrogen and oxygen atoms in total. The number of amides is 1. The minimum absolute atomic E-state index is 0.0142. The van der Waals surface area contributed by atoms with E-state index in [0.29, 0.717) is 10.8 Å². The number of halogens is 1. The first kappa shape index (κ1) is 21.9. The monoisotopic (exact) mass is 476 g/mol. The number of pyridine rings is 1. The predicted octanol–water partition coefficient (Wildman–Crippen LogP) is 3.68. The molecule has 3 heterocycles. The molecule has 0 atom stereocenters. The van der Waals surface area contributed by atoms with Gasteiger partial charge in [-0.25, -0.2) is 13.4 Å². The lowest BCUT2D eigenvalue weighted by atomic mass is 10.2. The second-order valence-electron chi connectivity index (χ2n) is 7.27. The molecule has 0 saturated carbocycles. The summed E-state index contributed by atoms with van der Waals surface area (Å²) in [6.45, 7) is 3.93. The van der Waals surface area contributed by atoms with Crippen molar-refractivity contribution in [3.8, 4) is 0 Å². The molecule has 3 aromatic rings. The van der Waals surface area contributed by atoms with Gasteiger partial charge in [-0.3, -0.25) is 14.7 Å². The van der Waals surface area contributed by atoms with Crippen LogP contribution in [0.25, 0.3) is 0 Å². The quantitative estimate of drug-likeness (QED) is 0.559. The van der Waals surface area contributed by atoms with Crippen LogP contribution in [0.4, 0.5) is 5.13 Å². The lowest BCUT2D eigenvalue weighted by Gasteiger charge is -2.14. The lowest BCUT2D eigenvalue weighted by molar-refractivity contribution is -0.115. The number of hydrogen-bond acceptors (Lipinski definition) is 7. The van der Waals surface area contributed by atoms with E-state index in [2.05, 4.69) is 20.2 Å². The van der Waals surface area contributed by atoms with E-state index in [1.54, 1.807) is 13.0 Å². The molecule has 162 valence electrons. The van der Waals surface area contributed by atoms with Crippen molar-refractivity contribution in [3.63, 3.8) is 0 Å². The third-order valence-electron chi connectivity index (χ3n) is 4.96. The minimum atomic E-state index is -3.30. The van der Waals surface area contributed by atoms with Gasteiger partial charge >= 0.3 is 0 Å². The van der Waals surface area contributed by atoms with Crippen molar-refractivity contribution in [2.24, 2.45) is 0 Å². The normalized spacial score (nSPS) is 13.9. The summed E-state index contributed by atoms with van der Waals surface area (Å²) in [6, 6.07) is 10.9. The molecule has 0 radical (unpaired) electrons. The number of rotatable bonds is 7. The Morgan fingerprint density at radius 1 is 1.19 bits per heavy atom. The van der Waals surface area contributed by atoms with Crippen LogP contribution in [0, 0.1) is 0 Å². The molecule has 31 heavy (non-hydrogen) atoms. The highest BCUT2D eigenvalue weighted by Crippen LogP contribution is 2.32. The first-order valence-corrected chi connectivity index (χ1v) is 12.6. The summed E-state index contributed by atoms with van der Waals surface area (Å²) in [5.74, 6) is -0.218. The summed E-state index contributed by atoms with van der Waals surface area (Å²) in [7, 11) is -3.30. The van der Waals surface area contributed by atoms with Crippen molar-refractivity contribution in [1.29, 1.82) is 0 Å². The Balaban J connectivity index is 1.31. The summed E-state index contributed by atoms with van der Waals surface area (Å²) >= 11 is 7.42. The van der Waals surface area contributed by atoms with E-state index in [1.807, 2.05) is 24.3 Å². The molecule has 0 saturated heterocycles. The van der Waals surface area contributed by atoms with Crippen LogP contribution in [0.15, 0.2) is 47.5 Å². The predicted molar refractivity (Wildman–Crippen MR) is 121 cm³/mol. The van der Waals surface area contributed by atoms with Crippen LogP contribution in [0.3, 0.4) is 0 Å². The van der Waals surface area contributed by atoms with Gasteiger partial charge in [-0.15, -0.1) is 11.3 Å². The van der Waals surface area contributed by atoms with Gasteiger partial charge in [-0.2, -0.15) is 0 Å². The average molecular weight is 477 g/mol. The molecule has 0 bridgehead atoms. The molecule has 10 heteroatoms. The van der Waals surface area contributed by atoms with Gasteiger partial charge in [0.25, 0.3) is 0 Å². The zero-order valence-corrected chi connectivity index (χ0v) is 19.2. The van der Waals surface area contributed by atoms with Gasteiger partial charge in [0.05, 0.1) is 22.8 Å². The van der Waals surface area contributed by atoms with Crippen LogP contribution >= 0.6 is 22.9 Å². The summed E-state index contributed by atoms with van der Waals surface area (Å²) in [4.78, 5) is 24.6. The Morgan fingerprint density at radius 3 is 2.61 bits per heavy atom. The van der Waals surface area contributed by atoms with Gasteiger partial charge < -0.3 is 5.32 Å². The van der Waals surface area contributed by atoms with Crippen LogP contribution < -0.4 is 5.32 Å². The lowest BCUT2D eigenvalue weighted by Crippen LogP contribution is -2.17. The Hall–Kier alpha value is -2.33. The van der Waals surface area contributed by atoms with Crippen LogP contribution in [-0.2, 0) is 40.7 Å². The van der Waals surface area contributed by atoms with Crippen molar-refractivity contribution in [3.05, 3.63) is 69.4 Å². The molecule has 1 aromatic carbocycles. The number of carbonyl (C=O) groups excluding carboxylic acids is 1. The molecule has 0 aliphatic carbocycles. The highest BCUT2D eigenvalue weighted by molar-refractivity contribution is 7.91. The smallest absolute Gasteiger partial charge is 0.232 e. The number of nitrogens with zero attached hydrogens (tertiary/aromatic N) is 3. The fourth-order valence-corrected chi connectivity index (χ4v) is 5.29. The van der Waals surface area contributed by atoms with Crippen molar-refractivity contribution in [2.75, 3.05) is 11.1 Å². The van der Waals surface area contributed by atoms with Gasteiger partial charge in [-0.05, 0) is 29.8 Å². The first-order valence-electron chi connectivity index (χ1n) is 9.75. The molecule has 1 amide bonds. The fraction of sp³-hybridized carbons (Fsp3) is 0.286. The molecular formula is C21H21ClN4O3S2. The van der Waals surface area contributed by atoms with Gasteiger partial charge in [0.1, 0.15) is 0 Å². The van der Waals surface area contributed by atoms with Crippen LogP contribution in [-0.4, -0.2) is 34.9 Å². The van der Waals surface area contributed by atoms with E-state index in [9.17, 15) is 13.2 Å². The van der Waals surface area contributed by atoms with Crippen LogP contribution in [0.5, 0.6) is 0 Å². The topological polar surface area (TPSA) is 92.3 Å². The molecule has 1 aliphatic rings. The van der Waals surface area contributed by atoms with E-state index >= 15 is 0 Å². The SMILES string of the molecule is CCS(=O)(=O)c1ccc(CC(=O)Nc2nc3c(s2)CN(Cc2ccc(Cl)cc2)C3)nc1. The van der Waals surface area contributed by atoms with Gasteiger partial charge in [-0.1, -0.05) is 30.7 Å². The minimum Gasteiger partial charge on any atom is -0.302 e. The Morgan fingerprint density at radius 2 is 1.97 bits per heavy atom. The number of fused-ring (bicyclic) bond motifs is 1. The van der Waals surface area contributed by atoms with Crippen LogP contribution in [0.1, 0.15) is 28.8 Å². The second-order valence-corrected chi connectivity index (χ2v) is 11.1. The maximum Gasteiger partial charge on any atom is 0.232 e. The number of thiazole rings is 1. The Kier molecular flexibility index (Phi) is 6.38. The van der Waals surface area contributed by atoms with Gasteiger partial charge in [0, 0.05) is 41.4 Å². The van der Waals surface area contributed by atoms with Gasteiger partial charge in [0.2, 0.25) is 5.91 Å². The van der Waals surface area contributed by atoms with E-state index in [0.717, 1.165) is 35.2 Å². The third-order valence-corrected chi connectivity index (χ3v) is 7.93.